The van der Waals surface area contributed by atoms with Crippen LogP contribution in [-0.2, 0) is 0 Å². The Balaban J connectivity index is 2.11. The Hall–Kier alpha value is -1.82. The van der Waals surface area contributed by atoms with Crippen molar-refractivity contribution in [2.24, 2.45) is 5.84 Å². The van der Waals surface area contributed by atoms with Gasteiger partial charge in [-0.3, -0.25) is 15.8 Å². The molecule has 0 amide bonds. The van der Waals surface area contributed by atoms with Crippen LogP contribution in [-0.4, -0.2) is 9.97 Å². The maximum Gasteiger partial charge on any atom is 0.0910 e. The van der Waals surface area contributed by atoms with E-state index in [1.807, 2.05) is 13.0 Å². The van der Waals surface area contributed by atoms with E-state index < -0.39 is 0 Å². The van der Waals surface area contributed by atoms with Gasteiger partial charge in [0.2, 0.25) is 0 Å². The fourth-order valence-corrected chi connectivity index (χ4v) is 3.07. The summed E-state index contributed by atoms with van der Waals surface area (Å²) in [7, 11) is 0. The first-order valence-corrected chi connectivity index (χ1v) is 6.88. The molecule has 0 spiro atoms. The Kier molecular flexibility index (Phi) is 3.25. The van der Waals surface area contributed by atoms with Crippen molar-refractivity contribution in [3.63, 3.8) is 0 Å². The van der Waals surface area contributed by atoms with Gasteiger partial charge in [-0.25, -0.2) is 5.43 Å². The number of aromatic nitrogens is 2. The Morgan fingerprint density at radius 3 is 2.84 bits per heavy atom. The summed E-state index contributed by atoms with van der Waals surface area (Å²) in [6.07, 6.45) is 3.53. The molecule has 2 heterocycles. The van der Waals surface area contributed by atoms with Crippen LogP contribution in [0.15, 0.2) is 42.0 Å². The first-order valence-electron chi connectivity index (χ1n) is 6.00. The van der Waals surface area contributed by atoms with E-state index in [2.05, 4.69) is 39.0 Å². The van der Waals surface area contributed by atoms with E-state index >= 15 is 0 Å². The summed E-state index contributed by atoms with van der Waals surface area (Å²) in [6.45, 7) is 1.92. The largest absolute Gasteiger partial charge is 0.271 e. The number of fused-ring (bicyclic) bond motifs is 1. The summed E-state index contributed by atoms with van der Waals surface area (Å²) in [5, 5.41) is 3.31. The highest BCUT2D eigenvalue weighted by Gasteiger charge is 2.17. The molecule has 0 fully saturated rings. The summed E-state index contributed by atoms with van der Waals surface area (Å²) in [5.74, 6) is 5.72. The molecule has 0 aliphatic carbocycles. The first kappa shape index (κ1) is 12.2. The molecule has 0 saturated heterocycles. The minimum Gasteiger partial charge on any atom is -0.271 e. The Bertz CT molecular complexity index is 690. The number of nitrogens with zero attached hydrogens (tertiary/aromatic N) is 2. The lowest BCUT2D eigenvalue weighted by atomic mass is 10.0. The quantitative estimate of drug-likeness (QED) is 0.567. The predicted molar refractivity (Wildman–Crippen MR) is 77.8 cm³/mol. The van der Waals surface area contributed by atoms with Crippen molar-refractivity contribution in [3.8, 4) is 0 Å². The van der Waals surface area contributed by atoms with Gasteiger partial charge in [0.15, 0.2) is 0 Å². The molecule has 5 heteroatoms. The number of nitrogens with two attached hydrogens (primary N) is 1. The molecule has 4 nitrogen and oxygen atoms in total. The van der Waals surface area contributed by atoms with Gasteiger partial charge in [0.1, 0.15) is 0 Å². The van der Waals surface area contributed by atoms with Crippen LogP contribution < -0.4 is 11.3 Å². The van der Waals surface area contributed by atoms with Gasteiger partial charge in [-0.05, 0) is 29.3 Å². The van der Waals surface area contributed by atoms with Crippen LogP contribution in [0.3, 0.4) is 0 Å². The molecule has 3 rings (SSSR count). The maximum atomic E-state index is 5.72. The van der Waals surface area contributed by atoms with Crippen LogP contribution in [0.1, 0.15) is 23.0 Å². The van der Waals surface area contributed by atoms with E-state index in [1.165, 1.54) is 10.1 Å². The SMILES string of the molecule is Cc1cnc(C(NN)c2cccc3ccsc23)cn1. The normalized spacial score (nSPS) is 12.7. The fraction of sp³-hybridized carbons (Fsp3) is 0.143. The lowest BCUT2D eigenvalue weighted by Gasteiger charge is -2.16. The minimum absolute atomic E-state index is 0.143. The second-order valence-electron chi connectivity index (χ2n) is 4.37. The smallest absolute Gasteiger partial charge is 0.0910 e. The third-order valence-electron chi connectivity index (χ3n) is 3.08. The zero-order valence-corrected chi connectivity index (χ0v) is 11.3. The van der Waals surface area contributed by atoms with Crippen molar-refractivity contribution < 1.29 is 0 Å². The van der Waals surface area contributed by atoms with Crippen LogP contribution >= 0.6 is 11.3 Å². The van der Waals surface area contributed by atoms with Crippen molar-refractivity contribution in [2.45, 2.75) is 13.0 Å². The van der Waals surface area contributed by atoms with Crippen molar-refractivity contribution >= 4 is 21.4 Å². The molecule has 1 atom stereocenters. The van der Waals surface area contributed by atoms with E-state index in [4.69, 9.17) is 5.84 Å². The Labute approximate surface area is 115 Å². The number of hydrogen-bond acceptors (Lipinski definition) is 5. The zero-order valence-electron chi connectivity index (χ0n) is 10.5. The summed E-state index contributed by atoms with van der Waals surface area (Å²) < 4.78 is 1.23. The third-order valence-corrected chi connectivity index (χ3v) is 4.06. The zero-order chi connectivity index (χ0) is 13.2. The van der Waals surface area contributed by atoms with Gasteiger partial charge in [0, 0.05) is 10.9 Å². The topological polar surface area (TPSA) is 63.8 Å². The number of hydrazine groups is 1. The minimum atomic E-state index is -0.143. The van der Waals surface area contributed by atoms with Crippen LogP contribution in [0.2, 0.25) is 0 Å². The average molecular weight is 270 g/mol. The summed E-state index contributed by atoms with van der Waals surface area (Å²) in [6, 6.07) is 8.18. The van der Waals surface area contributed by atoms with E-state index in [1.54, 1.807) is 23.7 Å². The van der Waals surface area contributed by atoms with Crippen LogP contribution in [0, 0.1) is 6.92 Å². The van der Waals surface area contributed by atoms with Crippen LogP contribution in [0.25, 0.3) is 10.1 Å². The molecule has 3 aromatic rings. The molecule has 2 aromatic heterocycles. The summed E-state index contributed by atoms with van der Waals surface area (Å²) in [5.41, 5.74) is 5.70. The van der Waals surface area contributed by atoms with Gasteiger partial charge in [0.05, 0.1) is 23.6 Å². The van der Waals surface area contributed by atoms with Crippen LogP contribution in [0.4, 0.5) is 0 Å². The standard InChI is InChI=1S/C14H14N4S/c1-9-7-17-12(8-16-9)13(18-15)11-4-2-3-10-5-6-19-14(10)11/h2-8,13,18H,15H2,1H3. The first-order chi connectivity index (χ1) is 9.29. The molecule has 0 bridgehead atoms. The van der Waals surface area contributed by atoms with Crippen molar-refractivity contribution in [1.29, 1.82) is 0 Å². The third kappa shape index (κ3) is 2.23. The van der Waals surface area contributed by atoms with Crippen molar-refractivity contribution in [1.82, 2.24) is 15.4 Å². The number of thiophene rings is 1. The van der Waals surface area contributed by atoms with Gasteiger partial charge >= 0.3 is 0 Å². The lowest BCUT2D eigenvalue weighted by Crippen LogP contribution is -2.29. The molecule has 19 heavy (non-hydrogen) atoms. The monoisotopic (exact) mass is 270 g/mol. The molecule has 1 unspecified atom stereocenters. The highest BCUT2D eigenvalue weighted by atomic mass is 32.1. The molecular formula is C14H14N4S. The molecular weight excluding hydrogens is 256 g/mol. The maximum absolute atomic E-state index is 5.72. The molecule has 3 N–H and O–H groups in total. The van der Waals surface area contributed by atoms with Crippen molar-refractivity contribution in [3.05, 3.63) is 59.0 Å². The lowest BCUT2D eigenvalue weighted by molar-refractivity contribution is 0.621. The number of hydrogen-bond donors (Lipinski definition) is 2. The van der Waals surface area contributed by atoms with Gasteiger partial charge in [-0.1, -0.05) is 18.2 Å². The van der Waals surface area contributed by atoms with E-state index in [0.29, 0.717) is 0 Å². The van der Waals surface area contributed by atoms with Crippen LogP contribution in [0.5, 0.6) is 0 Å². The second-order valence-corrected chi connectivity index (χ2v) is 5.28. The van der Waals surface area contributed by atoms with Gasteiger partial charge < -0.3 is 0 Å². The molecule has 0 radical (unpaired) electrons. The summed E-state index contributed by atoms with van der Waals surface area (Å²) in [4.78, 5) is 8.70. The van der Waals surface area contributed by atoms with E-state index in [-0.39, 0.29) is 6.04 Å². The highest BCUT2D eigenvalue weighted by Crippen LogP contribution is 2.31. The number of rotatable bonds is 3. The Morgan fingerprint density at radius 1 is 1.21 bits per heavy atom. The fourth-order valence-electron chi connectivity index (χ4n) is 2.13. The molecule has 0 aliphatic rings. The van der Waals surface area contributed by atoms with E-state index in [9.17, 15) is 0 Å². The van der Waals surface area contributed by atoms with Gasteiger partial charge in [0.25, 0.3) is 0 Å². The summed E-state index contributed by atoms with van der Waals surface area (Å²) >= 11 is 1.71. The molecule has 1 aromatic carbocycles. The number of benzene rings is 1. The predicted octanol–water partition coefficient (Wildman–Crippen LogP) is 2.55. The Morgan fingerprint density at radius 2 is 2.11 bits per heavy atom. The second kappa shape index (κ2) is 5.05. The molecule has 0 saturated carbocycles. The van der Waals surface area contributed by atoms with E-state index in [0.717, 1.165) is 17.0 Å². The molecule has 0 aliphatic heterocycles. The van der Waals surface area contributed by atoms with Gasteiger partial charge in [-0.2, -0.15) is 0 Å². The van der Waals surface area contributed by atoms with Gasteiger partial charge in [-0.15, -0.1) is 11.3 Å². The average Bonchev–Trinajstić information content (AvgIpc) is 2.91. The number of nitrogens with one attached hydrogen (secondary N) is 1. The van der Waals surface area contributed by atoms with Crippen molar-refractivity contribution in [2.75, 3.05) is 0 Å². The molecule has 96 valence electrons. The number of aryl methyl sites for hydroxylation is 1. The highest BCUT2D eigenvalue weighted by molar-refractivity contribution is 7.17.